The van der Waals surface area contributed by atoms with Gasteiger partial charge in [-0.2, -0.15) is 5.10 Å². The van der Waals surface area contributed by atoms with Crippen molar-refractivity contribution in [3.8, 4) is 0 Å². The molecule has 2 N–H and O–H groups in total. The fraction of sp³-hybridized carbons (Fsp3) is 0.111. The van der Waals surface area contributed by atoms with Crippen LogP contribution in [0.3, 0.4) is 0 Å². The van der Waals surface area contributed by atoms with Gasteiger partial charge in [-0.05, 0) is 47.2 Å². The van der Waals surface area contributed by atoms with Crippen LogP contribution >= 0.6 is 22.6 Å². The van der Waals surface area contributed by atoms with Crippen molar-refractivity contribution in [3.63, 3.8) is 0 Å². The maximum atomic E-state index is 10.8. The maximum Gasteiger partial charge on any atom is 0.357 e. The molecule has 1 aromatic carbocycles. The van der Waals surface area contributed by atoms with Crippen molar-refractivity contribution in [1.82, 2.24) is 10.2 Å². The summed E-state index contributed by atoms with van der Waals surface area (Å²) in [4.78, 5) is 10.8. The molecular formula is C9H7IN2O2. The number of halogens is 1. The van der Waals surface area contributed by atoms with Crippen molar-refractivity contribution in [3.05, 3.63) is 27.0 Å². The summed E-state index contributed by atoms with van der Waals surface area (Å²) in [5.41, 5.74) is 1.94. The highest BCUT2D eigenvalue weighted by Gasteiger charge is 2.15. The molecular weight excluding hydrogens is 295 g/mol. The van der Waals surface area contributed by atoms with Crippen molar-refractivity contribution >= 4 is 39.5 Å². The minimum atomic E-state index is -1.00. The van der Waals surface area contributed by atoms with E-state index in [-0.39, 0.29) is 5.69 Å². The number of aryl methyl sites for hydroxylation is 1. The number of carboxylic acid groups (broad SMARTS) is 1. The van der Waals surface area contributed by atoms with Crippen LogP contribution in [-0.4, -0.2) is 21.3 Å². The molecule has 4 nitrogen and oxygen atoms in total. The van der Waals surface area contributed by atoms with Crippen molar-refractivity contribution in [2.45, 2.75) is 6.92 Å². The van der Waals surface area contributed by atoms with Crippen LogP contribution in [-0.2, 0) is 0 Å². The Kier molecular flexibility index (Phi) is 2.18. The predicted octanol–water partition coefficient (Wildman–Crippen LogP) is 2.17. The van der Waals surface area contributed by atoms with Crippen molar-refractivity contribution < 1.29 is 9.90 Å². The number of aromatic carboxylic acids is 1. The van der Waals surface area contributed by atoms with E-state index in [0.29, 0.717) is 5.39 Å². The van der Waals surface area contributed by atoms with Crippen molar-refractivity contribution in [2.24, 2.45) is 0 Å². The van der Waals surface area contributed by atoms with Crippen LogP contribution in [0.25, 0.3) is 10.9 Å². The molecule has 0 spiro atoms. The molecule has 14 heavy (non-hydrogen) atoms. The third-order valence-corrected chi connectivity index (χ3v) is 2.81. The van der Waals surface area contributed by atoms with E-state index in [1.807, 2.05) is 19.1 Å². The monoisotopic (exact) mass is 302 g/mol. The number of hydrogen-bond acceptors (Lipinski definition) is 2. The molecule has 0 amide bonds. The fourth-order valence-corrected chi connectivity index (χ4v) is 2.44. The average molecular weight is 302 g/mol. The van der Waals surface area contributed by atoms with E-state index in [4.69, 9.17) is 5.11 Å². The number of rotatable bonds is 1. The van der Waals surface area contributed by atoms with Gasteiger partial charge in [0.15, 0.2) is 5.69 Å². The van der Waals surface area contributed by atoms with Gasteiger partial charge in [0.25, 0.3) is 0 Å². The molecule has 0 fully saturated rings. The number of hydrogen-bond donors (Lipinski definition) is 2. The Hall–Kier alpha value is -1.11. The Morgan fingerprint density at radius 1 is 1.57 bits per heavy atom. The second kappa shape index (κ2) is 3.23. The second-order valence-electron chi connectivity index (χ2n) is 3.05. The zero-order valence-electron chi connectivity index (χ0n) is 7.34. The number of nitrogens with zero attached hydrogens (tertiary/aromatic N) is 1. The molecule has 2 rings (SSSR count). The van der Waals surface area contributed by atoms with Gasteiger partial charge in [0.05, 0.1) is 5.52 Å². The lowest BCUT2D eigenvalue weighted by atomic mass is 10.1. The van der Waals surface area contributed by atoms with Crippen LogP contribution in [0, 0.1) is 10.5 Å². The number of H-pyrrole nitrogens is 1. The Morgan fingerprint density at radius 2 is 2.29 bits per heavy atom. The van der Waals surface area contributed by atoms with Crippen LogP contribution in [0.4, 0.5) is 0 Å². The number of fused-ring (bicyclic) bond motifs is 1. The average Bonchev–Trinajstić information content (AvgIpc) is 2.47. The molecule has 0 unspecified atom stereocenters. The second-order valence-corrected chi connectivity index (χ2v) is 4.21. The molecule has 0 saturated heterocycles. The summed E-state index contributed by atoms with van der Waals surface area (Å²) in [7, 11) is 0. The van der Waals surface area contributed by atoms with Crippen LogP contribution in [0.15, 0.2) is 12.1 Å². The summed E-state index contributed by atoms with van der Waals surface area (Å²) < 4.78 is 0.906. The van der Waals surface area contributed by atoms with Crippen molar-refractivity contribution in [1.29, 1.82) is 0 Å². The van der Waals surface area contributed by atoms with Gasteiger partial charge < -0.3 is 5.11 Å². The van der Waals surface area contributed by atoms with E-state index in [0.717, 1.165) is 14.7 Å². The number of carbonyl (C=O) groups is 1. The van der Waals surface area contributed by atoms with Gasteiger partial charge in [-0.25, -0.2) is 4.79 Å². The summed E-state index contributed by atoms with van der Waals surface area (Å²) in [5, 5.41) is 16.0. The van der Waals surface area contributed by atoms with E-state index in [1.165, 1.54) is 0 Å². The largest absolute Gasteiger partial charge is 0.476 e. The number of nitrogens with one attached hydrogen (secondary N) is 1. The number of carboxylic acids is 1. The number of benzene rings is 1. The Morgan fingerprint density at radius 3 is 2.93 bits per heavy atom. The third-order valence-electron chi connectivity index (χ3n) is 1.96. The molecule has 0 atom stereocenters. The van der Waals surface area contributed by atoms with E-state index >= 15 is 0 Å². The Balaban J connectivity index is 2.85. The molecule has 2 aromatic rings. The quantitative estimate of drug-likeness (QED) is 0.793. The van der Waals surface area contributed by atoms with Gasteiger partial charge in [0.1, 0.15) is 0 Å². The molecule has 0 bridgehead atoms. The van der Waals surface area contributed by atoms with Crippen LogP contribution in [0.2, 0.25) is 0 Å². The predicted molar refractivity (Wildman–Crippen MR) is 60.5 cm³/mol. The zero-order chi connectivity index (χ0) is 10.3. The van der Waals surface area contributed by atoms with Gasteiger partial charge in [-0.3, -0.25) is 5.10 Å². The summed E-state index contributed by atoms with van der Waals surface area (Å²) in [6, 6.07) is 3.82. The first-order chi connectivity index (χ1) is 6.59. The highest BCUT2D eigenvalue weighted by molar-refractivity contribution is 14.1. The first-order valence-electron chi connectivity index (χ1n) is 3.97. The lowest BCUT2D eigenvalue weighted by Gasteiger charge is -1.97. The molecule has 0 aliphatic rings. The third kappa shape index (κ3) is 1.37. The molecule has 1 aromatic heterocycles. The number of aromatic amines is 1. The van der Waals surface area contributed by atoms with Crippen LogP contribution in [0.5, 0.6) is 0 Å². The van der Waals surface area contributed by atoms with E-state index in [2.05, 4.69) is 32.8 Å². The van der Waals surface area contributed by atoms with Crippen LogP contribution < -0.4 is 0 Å². The standard InChI is InChI=1S/C9H7IN2O2/c1-4-2-5(10)7-6(3-4)11-12-8(7)9(13)14/h2-3H,1H3,(H,11,12)(H,13,14). The SMILES string of the molecule is Cc1cc(I)c2c(C(=O)O)n[nH]c2c1. The van der Waals surface area contributed by atoms with E-state index in [9.17, 15) is 4.79 Å². The highest BCUT2D eigenvalue weighted by Crippen LogP contribution is 2.23. The molecule has 5 heteroatoms. The highest BCUT2D eigenvalue weighted by atomic mass is 127. The molecule has 0 aliphatic carbocycles. The smallest absolute Gasteiger partial charge is 0.357 e. The fourth-order valence-electron chi connectivity index (χ4n) is 1.40. The van der Waals surface area contributed by atoms with Crippen LogP contribution in [0.1, 0.15) is 16.1 Å². The van der Waals surface area contributed by atoms with E-state index < -0.39 is 5.97 Å². The Bertz CT molecular complexity index is 519. The van der Waals surface area contributed by atoms with Gasteiger partial charge in [-0.1, -0.05) is 0 Å². The minimum Gasteiger partial charge on any atom is -0.476 e. The van der Waals surface area contributed by atoms with Gasteiger partial charge in [0.2, 0.25) is 0 Å². The molecule has 1 heterocycles. The topological polar surface area (TPSA) is 66.0 Å². The summed E-state index contributed by atoms with van der Waals surface area (Å²) >= 11 is 2.12. The molecule has 72 valence electrons. The first kappa shape index (κ1) is 9.45. The molecule has 0 radical (unpaired) electrons. The van der Waals surface area contributed by atoms with Gasteiger partial charge in [0, 0.05) is 8.96 Å². The first-order valence-corrected chi connectivity index (χ1v) is 5.05. The molecule has 0 aliphatic heterocycles. The maximum absolute atomic E-state index is 10.8. The molecule has 0 saturated carbocycles. The van der Waals surface area contributed by atoms with Gasteiger partial charge in [-0.15, -0.1) is 0 Å². The van der Waals surface area contributed by atoms with Crippen molar-refractivity contribution in [2.75, 3.05) is 0 Å². The summed E-state index contributed by atoms with van der Waals surface area (Å²) in [6.07, 6.45) is 0. The summed E-state index contributed by atoms with van der Waals surface area (Å²) in [6.45, 7) is 1.96. The summed E-state index contributed by atoms with van der Waals surface area (Å²) in [5.74, 6) is -1.00. The lowest BCUT2D eigenvalue weighted by Crippen LogP contribution is -1.97. The zero-order valence-corrected chi connectivity index (χ0v) is 9.49. The number of aromatic nitrogens is 2. The minimum absolute atomic E-state index is 0.0874. The van der Waals surface area contributed by atoms with E-state index in [1.54, 1.807) is 0 Å². The van der Waals surface area contributed by atoms with Gasteiger partial charge >= 0.3 is 5.97 Å². The Labute approximate surface area is 93.5 Å². The normalized spacial score (nSPS) is 10.7. The lowest BCUT2D eigenvalue weighted by molar-refractivity contribution is 0.0692.